The van der Waals surface area contributed by atoms with Crippen LogP contribution in [0.4, 0.5) is 0 Å². The summed E-state index contributed by atoms with van der Waals surface area (Å²) in [5.74, 6) is -1.67. The van der Waals surface area contributed by atoms with E-state index in [1.165, 1.54) is 4.90 Å². The number of hydrogen-bond acceptors (Lipinski definition) is 5. The van der Waals surface area contributed by atoms with E-state index in [1.54, 1.807) is 48.5 Å². The van der Waals surface area contributed by atoms with Gasteiger partial charge in [-0.1, -0.05) is 54.6 Å². The van der Waals surface area contributed by atoms with E-state index >= 15 is 0 Å². The van der Waals surface area contributed by atoms with Gasteiger partial charge in [-0.3, -0.25) is 19.3 Å². The lowest BCUT2D eigenvalue weighted by Gasteiger charge is -2.14. The van der Waals surface area contributed by atoms with Crippen LogP contribution in [0.15, 0.2) is 78.9 Å². The summed E-state index contributed by atoms with van der Waals surface area (Å²) in [6.07, 6.45) is 0.690. The molecule has 7 nitrogen and oxygen atoms in total. The molecule has 1 aliphatic heterocycles. The van der Waals surface area contributed by atoms with E-state index in [2.05, 4.69) is 5.32 Å². The Morgan fingerprint density at radius 3 is 2.00 bits per heavy atom. The van der Waals surface area contributed by atoms with E-state index in [4.69, 9.17) is 4.74 Å². The minimum absolute atomic E-state index is 0.103. The van der Waals surface area contributed by atoms with Gasteiger partial charge in [0, 0.05) is 6.54 Å². The predicted molar refractivity (Wildman–Crippen MR) is 121 cm³/mol. The SMILES string of the molecule is O=C(COC(=O)c1ccc(CN2C(=O)c3ccccc3C2=O)cc1)NCCc1ccccc1. The molecule has 1 aliphatic rings. The molecule has 0 saturated carbocycles. The van der Waals surface area contributed by atoms with Crippen LogP contribution in [0.5, 0.6) is 0 Å². The Balaban J connectivity index is 1.25. The van der Waals surface area contributed by atoms with Crippen molar-refractivity contribution in [3.05, 3.63) is 107 Å². The molecule has 166 valence electrons. The van der Waals surface area contributed by atoms with E-state index in [1.807, 2.05) is 30.3 Å². The van der Waals surface area contributed by atoms with Crippen molar-refractivity contribution in [2.75, 3.05) is 13.2 Å². The fraction of sp³-hybridized carbons (Fsp3) is 0.154. The maximum absolute atomic E-state index is 12.5. The second-order valence-electron chi connectivity index (χ2n) is 7.60. The van der Waals surface area contributed by atoms with Gasteiger partial charge in [-0.15, -0.1) is 0 Å². The highest BCUT2D eigenvalue weighted by atomic mass is 16.5. The Bertz CT molecular complexity index is 1150. The molecular formula is C26H22N2O5. The summed E-state index contributed by atoms with van der Waals surface area (Å²) in [5, 5.41) is 2.72. The number of amides is 3. The lowest BCUT2D eigenvalue weighted by Crippen LogP contribution is -2.30. The second-order valence-corrected chi connectivity index (χ2v) is 7.60. The highest BCUT2D eigenvalue weighted by molar-refractivity contribution is 6.21. The number of hydrogen-bond donors (Lipinski definition) is 1. The lowest BCUT2D eigenvalue weighted by molar-refractivity contribution is -0.124. The van der Waals surface area contributed by atoms with Gasteiger partial charge in [-0.25, -0.2) is 4.79 Å². The van der Waals surface area contributed by atoms with Crippen LogP contribution < -0.4 is 5.32 Å². The van der Waals surface area contributed by atoms with Crippen molar-refractivity contribution in [2.45, 2.75) is 13.0 Å². The monoisotopic (exact) mass is 442 g/mol. The molecule has 0 saturated heterocycles. The molecule has 0 bridgehead atoms. The number of fused-ring (bicyclic) bond motifs is 1. The molecule has 0 aliphatic carbocycles. The average Bonchev–Trinajstić information content (AvgIpc) is 3.08. The third-order valence-corrected chi connectivity index (χ3v) is 5.32. The van der Waals surface area contributed by atoms with Gasteiger partial charge >= 0.3 is 5.97 Å². The van der Waals surface area contributed by atoms with Gasteiger partial charge in [-0.05, 0) is 41.8 Å². The Kier molecular flexibility index (Phi) is 6.59. The van der Waals surface area contributed by atoms with Crippen molar-refractivity contribution in [1.82, 2.24) is 10.2 Å². The van der Waals surface area contributed by atoms with E-state index < -0.39 is 5.97 Å². The van der Waals surface area contributed by atoms with Gasteiger partial charge in [-0.2, -0.15) is 0 Å². The average molecular weight is 442 g/mol. The summed E-state index contributed by atoms with van der Waals surface area (Å²) >= 11 is 0. The topological polar surface area (TPSA) is 92.8 Å². The first kappa shape index (κ1) is 22.0. The molecule has 0 spiro atoms. The van der Waals surface area contributed by atoms with Gasteiger partial charge in [0.2, 0.25) is 0 Å². The number of rotatable bonds is 8. The number of carbonyl (C=O) groups is 4. The largest absolute Gasteiger partial charge is 0.452 e. The van der Waals surface area contributed by atoms with Gasteiger partial charge < -0.3 is 10.1 Å². The first-order chi connectivity index (χ1) is 16.0. The van der Waals surface area contributed by atoms with Crippen molar-refractivity contribution < 1.29 is 23.9 Å². The molecule has 3 aromatic rings. The number of nitrogens with zero attached hydrogens (tertiary/aromatic N) is 1. The Morgan fingerprint density at radius 1 is 0.758 bits per heavy atom. The Morgan fingerprint density at radius 2 is 1.36 bits per heavy atom. The third-order valence-electron chi connectivity index (χ3n) is 5.32. The zero-order valence-electron chi connectivity index (χ0n) is 17.8. The van der Waals surface area contributed by atoms with Crippen LogP contribution in [-0.4, -0.2) is 41.7 Å². The van der Waals surface area contributed by atoms with Crippen LogP contribution in [-0.2, 0) is 22.5 Å². The van der Waals surface area contributed by atoms with Crippen molar-refractivity contribution in [3.8, 4) is 0 Å². The molecule has 0 unspecified atom stereocenters. The maximum atomic E-state index is 12.5. The maximum Gasteiger partial charge on any atom is 0.338 e. The Labute approximate surface area is 191 Å². The predicted octanol–water partition coefficient (Wildman–Crippen LogP) is 3.00. The van der Waals surface area contributed by atoms with Crippen LogP contribution in [0, 0.1) is 0 Å². The van der Waals surface area contributed by atoms with Crippen LogP contribution in [0.3, 0.4) is 0 Å². The van der Waals surface area contributed by atoms with Gasteiger partial charge in [0.05, 0.1) is 23.2 Å². The zero-order valence-corrected chi connectivity index (χ0v) is 17.8. The quantitative estimate of drug-likeness (QED) is 0.428. The Hall–Kier alpha value is -4.26. The fourth-order valence-electron chi connectivity index (χ4n) is 3.57. The number of nitrogens with one attached hydrogen (secondary N) is 1. The van der Waals surface area contributed by atoms with Gasteiger partial charge in [0.15, 0.2) is 6.61 Å². The molecule has 7 heteroatoms. The van der Waals surface area contributed by atoms with E-state index in [0.29, 0.717) is 29.7 Å². The number of imide groups is 1. The normalized spacial score (nSPS) is 12.4. The second kappa shape index (κ2) is 9.91. The van der Waals surface area contributed by atoms with E-state index in [-0.39, 0.29) is 36.4 Å². The van der Waals surface area contributed by atoms with Gasteiger partial charge in [0.25, 0.3) is 17.7 Å². The van der Waals surface area contributed by atoms with Crippen LogP contribution in [0.25, 0.3) is 0 Å². The molecule has 0 radical (unpaired) electrons. The van der Waals surface area contributed by atoms with Gasteiger partial charge in [0.1, 0.15) is 0 Å². The molecule has 33 heavy (non-hydrogen) atoms. The first-order valence-electron chi connectivity index (χ1n) is 10.5. The molecule has 4 rings (SSSR count). The molecular weight excluding hydrogens is 420 g/mol. The first-order valence-corrected chi connectivity index (χ1v) is 10.5. The summed E-state index contributed by atoms with van der Waals surface area (Å²) in [7, 11) is 0. The minimum atomic E-state index is -0.625. The van der Waals surface area contributed by atoms with Crippen molar-refractivity contribution >= 4 is 23.7 Å². The lowest BCUT2D eigenvalue weighted by atomic mass is 10.1. The van der Waals surface area contributed by atoms with E-state index in [0.717, 1.165) is 5.56 Å². The number of carbonyl (C=O) groups excluding carboxylic acids is 4. The summed E-state index contributed by atoms with van der Waals surface area (Å²) in [5.41, 5.74) is 2.86. The van der Waals surface area contributed by atoms with Crippen molar-refractivity contribution in [2.24, 2.45) is 0 Å². The highest BCUT2D eigenvalue weighted by Gasteiger charge is 2.34. The standard InChI is InChI=1S/C26H22N2O5/c29-23(27-15-14-18-6-2-1-3-7-18)17-33-26(32)20-12-10-19(11-13-20)16-28-24(30)21-8-4-5-9-22(21)25(28)31/h1-13H,14-17H2,(H,27,29). The van der Waals surface area contributed by atoms with Crippen molar-refractivity contribution in [3.63, 3.8) is 0 Å². The number of benzene rings is 3. The number of ether oxygens (including phenoxy) is 1. The highest BCUT2D eigenvalue weighted by Crippen LogP contribution is 2.24. The third kappa shape index (κ3) is 5.15. The summed E-state index contributed by atoms with van der Waals surface area (Å²) in [4.78, 5) is 50.3. The minimum Gasteiger partial charge on any atom is -0.452 e. The summed E-state index contributed by atoms with van der Waals surface area (Å²) in [6, 6.07) is 22.8. The molecule has 0 fully saturated rings. The van der Waals surface area contributed by atoms with Crippen LogP contribution in [0.2, 0.25) is 0 Å². The molecule has 0 atom stereocenters. The molecule has 1 N–H and O–H groups in total. The zero-order chi connectivity index (χ0) is 23.2. The smallest absolute Gasteiger partial charge is 0.338 e. The summed E-state index contributed by atoms with van der Waals surface area (Å²) < 4.78 is 5.07. The molecule has 3 aromatic carbocycles. The number of esters is 1. The summed E-state index contributed by atoms with van der Waals surface area (Å²) in [6.45, 7) is 0.183. The van der Waals surface area contributed by atoms with Crippen molar-refractivity contribution in [1.29, 1.82) is 0 Å². The molecule has 1 heterocycles. The fourth-order valence-corrected chi connectivity index (χ4v) is 3.57. The van der Waals surface area contributed by atoms with Crippen LogP contribution in [0.1, 0.15) is 42.2 Å². The van der Waals surface area contributed by atoms with E-state index in [9.17, 15) is 19.2 Å². The molecule has 0 aromatic heterocycles. The van der Waals surface area contributed by atoms with Crippen LogP contribution >= 0.6 is 0 Å². The molecule has 3 amide bonds.